The summed E-state index contributed by atoms with van der Waals surface area (Å²) in [6.45, 7) is -0.0197. The molecule has 6 nitrogen and oxygen atoms in total. The summed E-state index contributed by atoms with van der Waals surface area (Å²) in [7, 11) is 0. The minimum absolute atomic E-state index is 0.0197. The first kappa shape index (κ1) is 9.32. The topological polar surface area (TPSA) is 79.0 Å². The number of aromatic amines is 1. The molecule has 6 heteroatoms. The number of aromatic nitrogens is 3. The van der Waals surface area contributed by atoms with E-state index in [-0.39, 0.29) is 6.54 Å². The summed E-state index contributed by atoms with van der Waals surface area (Å²) in [4.78, 5) is 33.3. The van der Waals surface area contributed by atoms with Gasteiger partial charge in [-0.05, 0) is 6.07 Å². The maximum Gasteiger partial charge on any atom is 0.215 e. The first-order chi connectivity index (χ1) is 7.35. The number of carbonyl (C=O) groups excluding carboxylic acids is 2. The van der Waals surface area contributed by atoms with E-state index in [4.69, 9.17) is 0 Å². The lowest BCUT2D eigenvalue weighted by atomic mass is 10.5. The second kappa shape index (κ2) is 3.87. The van der Waals surface area contributed by atoms with Crippen molar-refractivity contribution in [1.82, 2.24) is 15.0 Å². The highest BCUT2D eigenvalue weighted by Gasteiger charge is 2.07. The standard InChI is InChI=1S/C9H8N4O2/c14-4-3-13(6-15)8-5-11-9-7(12-8)1-2-10-9/h1-2,4-6H,3H2,(H,10,11). The van der Waals surface area contributed by atoms with Gasteiger partial charge in [0, 0.05) is 6.20 Å². The summed E-state index contributed by atoms with van der Waals surface area (Å²) in [5.74, 6) is 0.365. The highest BCUT2D eigenvalue weighted by atomic mass is 16.1. The van der Waals surface area contributed by atoms with Crippen LogP contribution in [0, 0.1) is 0 Å². The number of hydrogen-bond donors (Lipinski definition) is 1. The molecule has 0 spiro atoms. The number of carbonyl (C=O) groups is 2. The molecule has 1 N–H and O–H groups in total. The molecular weight excluding hydrogens is 196 g/mol. The molecule has 2 rings (SSSR count). The first-order valence-electron chi connectivity index (χ1n) is 4.31. The summed E-state index contributed by atoms with van der Waals surface area (Å²) >= 11 is 0. The van der Waals surface area contributed by atoms with E-state index in [2.05, 4.69) is 15.0 Å². The van der Waals surface area contributed by atoms with E-state index in [0.29, 0.717) is 29.7 Å². The molecule has 0 fully saturated rings. The third kappa shape index (κ3) is 1.69. The Morgan fingerprint density at radius 1 is 1.47 bits per heavy atom. The van der Waals surface area contributed by atoms with Crippen molar-refractivity contribution in [2.45, 2.75) is 0 Å². The van der Waals surface area contributed by atoms with Crippen molar-refractivity contribution in [3.05, 3.63) is 18.5 Å². The molecule has 0 aliphatic rings. The quantitative estimate of drug-likeness (QED) is 0.717. The minimum Gasteiger partial charge on any atom is -0.345 e. The van der Waals surface area contributed by atoms with Gasteiger partial charge in [0.15, 0.2) is 11.5 Å². The Morgan fingerprint density at radius 2 is 2.33 bits per heavy atom. The van der Waals surface area contributed by atoms with Gasteiger partial charge in [-0.3, -0.25) is 9.69 Å². The second-order valence-corrected chi connectivity index (χ2v) is 2.86. The average molecular weight is 204 g/mol. The Kier molecular flexibility index (Phi) is 2.40. The zero-order valence-corrected chi connectivity index (χ0v) is 7.75. The van der Waals surface area contributed by atoms with Gasteiger partial charge in [0.1, 0.15) is 11.8 Å². The van der Waals surface area contributed by atoms with Crippen molar-refractivity contribution in [3.8, 4) is 0 Å². The molecule has 0 atom stereocenters. The third-order valence-corrected chi connectivity index (χ3v) is 1.94. The molecule has 0 unspecified atom stereocenters. The van der Waals surface area contributed by atoms with Gasteiger partial charge >= 0.3 is 0 Å². The summed E-state index contributed by atoms with van der Waals surface area (Å²) in [5.41, 5.74) is 1.31. The van der Waals surface area contributed by atoms with Gasteiger partial charge in [0.2, 0.25) is 6.41 Å². The molecule has 0 aromatic carbocycles. The van der Waals surface area contributed by atoms with Gasteiger partial charge in [0.25, 0.3) is 0 Å². The van der Waals surface area contributed by atoms with Gasteiger partial charge in [-0.2, -0.15) is 0 Å². The Morgan fingerprint density at radius 3 is 3.07 bits per heavy atom. The van der Waals surface area contributed by atoms with E-state index in [1.165, 1.54) is 11.1 Å². The van der Waals surface area contributed by atoms with Crippen molar-refractivity contribution >= 4 is 29.7 Å². The molecule has 76 valence electrons. The van der Waals surface area contributed by atoms with Crippen molar-refractivity contribution < 1.29 is 9.59 Å². The molecule has 0 saturated heterocycles. The summed E-state index contributed by atoms with van der Waals surface area (Å²) in [6.07, 6.45) is 4.34. The number of H-pyrrole nitrogens is 1. The highest BCUT2D eigenvalue weighted by Crippen LogP contribution is 2.12. The summed E-state index contributed by atoms with van der Waals surface area (Å²) < 4.78 is 0. The molecule has 0 bridgehead atoms. The summed E-state index contributed by atoms with van der Waals surface area (Å²) in [5, 5.41) is 0. The van der Waals surface area contributed by atoms with Gasteiger partial charge < -0.3 is 9.78 Å². The maximum atomic E-state index is 10.7. The number of nitrogens with one attached hydrogen (secondary N) is 1. The van der Waals surface area contributed by atoms with Gasteiger partial charge in [-0.15, -0.1) is 0 Å². The zero-order valence-electron chi connectivity index (χ0n) is 7.75. The number of amides is 1. The number of anilines is 1. The van der Waals surface area contributed by atoms with Gasteiger partial charge in [0.05, 0.1) is 12.7 Å². The van der Waals surface area contributed by atoms with Gasteiger partial charge in [-0.25, -0.2) is 9.97 Å². The maximum absolute atomic E-state index is 10.7. The van der Waals surface area contributed by atoms with Crippen molar-refractivity contribution in [2.75, 3.05) is 11.4 Å². The van der Waals surface area contributed by atoms with Crippen LogP contribution in [0.5, 0.6) is 0 Å². The normalized spacial score (nSPS) is 10.1. The monoisotopic (exact) mass is 204 g/mol. The Hall–Kier alpha value is -2.24. The zero-order chi connectivity index (χ0) is 10.7. The highest BCUT2D eigenvalue weighted by molar-refractivity contribution is 5.81. The second-order valence-electron chi connectivity index (χ2n) is 2.86. The van der Waals surface area contributed by atoms with Crippen LogP contribution in [0.3, 0.4) is 0 Å². The smallest absolute Gasteiger partial charge is 0.215 e. The van der Waals surface area contributed by atoms with E-state index in [1.807, 2.05) is 0 Å². The lowest BCUT2D eigenvalue weighted by molar-refractivity contribution is -0.111. The number of rotatable bonds is 4. The molecule has 0 aliphatic carbocycles. The van der Waals surface area contributed by atoms with Crippen LogP contribution in [0.4, 0.5) is 5.82 Å². The first-order valence-corrected chi connectivity index (χ1v) is 4.31. The van der Waals surface area contributed by atoms with Crippen LogP contribution in [0.1, 0.15) is 0 Å². The average Bonchev–Trinajstić information content (AvgIpc) is 2.72. The Bertz CT molecular complexity index is 494. The predicted octanol–water partition coefficient (Wildman–Crippen LogP) is 0.120. The molecule has 2 aromatic rings. The van der Waals surface area contributed by atoms with Crippen LogP contribution >= 0.6 is 0 Å². The fourth-order valence-corrected chi connectivity index (χ4v) is 1.23. The van der Waals surface area contributed by atoms with E-state index < -0.39 is 0 Å². The fraction of sp³-hybridized carbons (Fsp3) is 0.111. The molecular formula is C9H8N4O2. The van der Waals surface area contributed by atoms with Crippen LogP contribution in [0.2, 0.25) is 0 Å². The lowest BCUT2D eigenvalue weighted by Crippen LogP contribution is -2.24. The minimum atomic E-state index is -0.0197. The largest absolute Gasteiger partial charge is 0.345 e. The molecule has 1 amide bonds. The van der Waals surface area contributed by atoms with Crippen LogP contribution in [0.15, 0.2) is 18.5 Å². The van der Waals surface area contributed by atoms with Crippen molar-refractivity contribution in [3.63, 3.8) is 0 Å². The van der Waals surface area contributed by atoms with E-state index >= 15 is 0 Å². The van der Waals surface area contributed by atoms with E-state index in [0.717, 1.165) is 0 Å². The molecule has 15 heavy (non-hydrogen) atoms. The van der Waals surface area contributed by atoms with Crippen LogP contribution in [-0.4, -0.2) is 34.2 Å². The number of nitrogens with zero attached hydrogens (tertiary/aromatic N) is 3. The summed E-state index contributed by atoms with van der Waals surface area (Å²) in [6, 6.07) is 1.75. The molecule has 2 aromatic heterocycles. The van der Waals surface area contributed by atoms with Crippen LogP contribution in [0.25, 0.3) is 11.2 Å². The lowest BCUT2D eigenvalue weighted by Gasteiger charge is -2.11. The van der Waals surface area contributed by atoms with Crippen molar-refractivity contribution in [2.24, 2.45) is 0 Å². The Balaban J connectivity index is 2.41. The molecule has 2 heterocycles. The predicted molar refractivity (Wildman–Crippen MR) is 53.4 cm³/mol. The number of aldehydes is 1. The third-order valence-electron chi connectivity index (χ3n) is 1.94. The fourth-order valence-electron chi connectivity index (χ4n) is 1.23. The van der Waals surface area contributed by atoms with Crippen LogP contribution < -0.4 is 4.90 Å². The van der Waals surface area contributed by atoms with Gasteiger partial charge in [-0.1, -0.05) is 0 Å². The van der Waals surface area contributed by atoms with Crippen LogP contribution in [-0.2, 0) is 9.59 Å². The van der Waals surface area contributed by atoms with E-state index in [1.54, 1.807) is 12.3 Å². The molecule has 0 aliphatic heterocycles. The molecule has 0 radical (unpaired) electrons. The van der Waals surface area contributed by atoms with Crippen molar-refractivity contribution in [1.29, 1.82) is 0 Å². The SMILES string of the molecule is O=CCN(C=O)c1cnc2[nH]ccc2n1. The van der Waals surface area contributed by atoms with E-state index in [9.17, 15) is 9.59 Å². The number of hydrogen-bond acceptors (Lipinski definition) is 4. The Labute approximate surface area is 84.9 Å². The molecule has 0 saturated carbocycles. The number of fused-ring (bicyclic) bond motifs is 1.